The van der Waals surface area contributed by atoms with Gasteiger partial charge >= 0.3 is 6.18 Å². The smallest absolute Gasteiger partial charge is 0.370 e. The first-order valence-electron chi connectivity index (χ1n) is 6.48. The molecule has 0 saturated heterocycles. The Hall–Kier alpha value is -1.70. The van der Waals surface area contributed by atoms with Gasteiger partial charge in [-0.05, 0) is 13.3 Å². The molecule has 4 nitrogen and oxygen atoms in total. The summed E-state index contributed by atoms with van der Waals surface area (Å²) >= 11 is 1.02. The molecule has 0 aliphatic rings. The second kappa shape index (κ2) is 6.38. The third-order valence-electron chi connectivity index (χ3n) is 2.74. The monoisotopic (exact) mass is 316 g/mol. The van der Waals surface area contributed by atoms with Crippen LogP contribution in [0.15, 0.2) is 11.4 Å². The summed E-state index contributed by atoms with van der Waals surface area (Å²) in [7, 11) is 0. The molecule has 0 atom stereocenters. The Morgan fingerprint density at radius 2 is 2.00 bits per heavy atom. The molecule has 0 spiro atoms. The minimum atomic E-state index is -4.37. The second-order valence-electron chi connectivity index (χ2n) is 4.45. The Morgan fingerprint density at radius 3 is 2.62 bits per heavy atom. The summed E-state index contributed by atoms with van der Waals surface area (Å²) in [5.74, 6) is 1.36. The van der Waals surface area contributed by atoms with Gasteiger partial charge in [0.15, 0.2) is 5.69 Å². The number of alkyl halides is 3. The van der Waals surface area contributed by atoms with Crippen molar-refractivity contribution in [1.82, 2.24) is 15.0 Å². The number of halogens is 3. The SMILES string of the molecule is CCc1cc(NCCc2nc(C(F)(F)F)cs2)nc(C)n1. The van der Waals surface area contributed by atoms with E-state index >= 15 is 0 Å². The molecule has 114 valence electrons. The summed E-state index contributed by atoms with van der Waals surface area (Å²) in [5, 5.41) is 4.59. The predicted octanol–water partition coefficient (Wildman–Crippen LogP) is 3.48. The number of hydrogen-bond donors (Lipinski definition) is 1. The number of aromatic nitrogens is 3. The quantitative estimate of drug-likeness (QED) is 0.917. The van der Waals surface area contributed by atoms with E-state index in [1.54, 1.807) is 6.92 Å². The van der Waals surface area contributed by atoms with E-state index in [0.29, 0.717) is 29.6 Å². The number of anilines is 1. The van der Waals surface area contributed by atoms with Crippen LogP contribution < -0.4 is 5.32 Å². The Labute approximate surface area is 124 Å². The van der Waals surface area contributed by atoms with E-state index in [2.05, 4.69) is 20.3 Å². The maximum atomic E-state index is 12.4. The molecule has 0 unspecified atom stereocenters. The van der Waals surface area contributed by atoms with Crippen LogP contribution in [0.1, 0.15) is 29.1 Å². The van der Waals surface area contributed by atoms with Crippen LogP contribution in [0.4, 0.5) is 19.0 Å². The van der Waals surface area contributed by atoms with Gasteiger partial charge in [0.2, 0.25) is 0 Å². The van der Waals surface area contributed by atoms with Gasteiger partial charge in [-0.1, -0.05) is 6.92 Å². The fraction of sp³-hybridized carbons (Fsp3) is 0.462. The van der Waals surface area contributed by atoms with Crippen LogP contribution in [-0.4, -0.2) is 21.5 Å². The molecule has 0 fully saturated rings. The molecule has 0 saturated carbocycles. The number of aryl methyl sites for hydroxylation is 2. The summed E-state index contributed by atoms with van der Waals surface area (Å²) in [6, 6.07) is 1.84. The Morgan fingerprint density at radius 1 is 1.24 bits per heavy atom. The number of thiazole rings is 1. The van der Waals surface area contributed by atoms with Crippen LogP contribution in [0.25, 0.3) is 0 Å². The summed E-state index contributed by atoms with van der Waals surface area (Å²) < 4.78 is 37.3. The lowest BCUT2D eigenvalue weighted by molar-refractivity contribution is -0.140. The molecule has 2 aromatic rings. The van der Waals surface area contributed by atoms with Gasteiger partial charge in [-0.2, -0.15) is 13.2 Å². The normalized spacial score (nSPS) is 11.7. The van der Waals surface area contributed by atoms with Crippen LogP contribution in [0.5, 0.6) is 0 Å². The Kier molecular flexibility index (Phi) is 4.76. The summed E-state index contributed by atoms with van der Waals surface area (Å²) in [6.07, 6.45) is -3.15. The lowest BCUT2D eigenvalue weighted by Gasteiger charge is -2.07. The van der Waals surface area contributed by atoms with Crippen molar-refractivity contribution in [3.63, 3.8) is 0 Å². The molecule has 8 heteroatoms. The molecule has 1 N–H and O–H groups in total. The summed E-state index contributed by atoms with van der Waals surface area (Å²) in [6.45, 7) is 4.28. The van der Waals surface area contributed by atoms with E-state index in [1.165, 1.54) is 0 Å². The molecule has 0 amide bonds. The first-order chi connectivity index (χ1) is 9.88. The van der Waals surface area contributed by atoms with Gasteiger partial charge < -0.3 is 5.32 Å². The van der Waals surface area contributed by atoms with E-state index in [-0.39, 0.29) is 0 Å². The third-order valence-corrected chi connectivity index (χ3v) is 3.65. The van der Waals surface area contributed by atoms with Crippen molar-refractivity contribution in [3.05, 3.63) is 33.7 Å². The fourth-order valence-corrected chi connectivity index (χ4v) is 2.56. The highest BCUT2D eigenvalue weighted by Crippen LogP contribution is 2.30. The Bertz CT molecular complexity index is 610. The van der Waals surface area contributed by atoms with E-state index < -0.39 is 11.9 Å². The zero-order valence-corrected chi connectivity index (χ0v) is 12.5. The van der Waals surface area contributed by atoms with E-state index in [4.69, 9.17) is 0 Å². The van der Waals surface area contributed by atoms with Crippen LogP contribution in [0.2, 0.25) is 0 Å². The van der Waals surface area contributed by atoms with Crippen LogP contribution in [0.3, 0.4) is 0 Å². The summed E-state index contributed by atoms with van der Waals surface area (Å²) in [5.41, 5.74) is 0.104. The lowest BCUT2D eigenvalue weighted by atomic mass is 10.3. The average Bonchev–Trinajstić information content (AvgIpc) is 2.87. The number of hydrogen-bond acceptors (Lipinski definition) is 5. The van der Waals surface area contributed by atoms with Gasteiger partial charge in [-0.3, -0.25) is 0 Å². The fourth-order valence-electron chi connectivity index (χ4n) is 1.75. The minimum absolute atomic E-state index is 0.422. The molecular formula is C13H15F3N4S. The largest absolute Gasteiger partial charge is 0.434 e. The zero-order valence-electron chi connectivity index (χ0n) is 11.7. The van der Waals surface area contributed by atoms with Crippen molar-refractivity contribution in [2.45, 2.75) is 32.9 Å². The maximum Gasteiger partial charge on any atom is 0.434 e. The molecule has 0 aromatic carbocycles. The number of rotatable bonds is 5. The highest BCUT2D eigenvalue weighted by Gasteiger charge is 2.33. The van der Waals surface area contributed by atoms with Gasteiger partial charge in [0.1, 0.15) is 11.6 Å². The van der Waals surface area contributed by atoms with Gasteiger partial charge in [-0.25, -0.2) is 15.0 Å². The summed E-state index contributed by atoms with van der Waals surface area (Å²) in [4.78, 5) is 12.1. The van der Waals surface area contributed by atoms with E-state index in [1.807, 2.05) is 13.0 Å². The highest BCUT2D eigenvalue weighted by atomic mass is 32.1. The zero-order chi connectivity index (χ0) is 15.5. The predicted molar refractivity (Wildman–Crippen MR) is 75.5 cm³/mol. The molecule has 2 rings (SSSR count). The van der Waals surface area contributed by atoms with Gasteiger partial charge in [0.25, 0.3) is 0 Å². The molecule has 0 radical (unpaired) electrons. The standard InChI is InChI=1S/C13H15F3N4S/c1-3-9-6-11(19-8(2)18-9)17-5-4-12-20-10(7-21-12)13(14,15)16/h6-7H,3-5H2,1-2H3,(H,17,18,19). The topological polar surface area (TPSA) is 50.7 Å². The third kappa shape index (κ3) is 4.38. The first-order valence-corrected chi connectivity index (χ1v) is 7.36. The Balaban J connectivity index is 1.92. The molecule has 2 heterocycles. The van der Waals surface area contributed by atoms with Crippen LogP contribution >= 0.6 is 11.3 Å². The van der Waals surface area contributed by atoms with Crippen molar-refractivity contribution >= 4 is 17.2 Å². The van der Waals surface area contributed by atoms with Gasteiger partial charge in [0.05, 0.1) is 5.01 Å². The van der Waals surface area contributed by atoms with Crippen molar-refractivity contribution in [2.75, 3.05) is 11.9 Å². The molecule has 2 aromatic heterocycles. The molecule has 0 aliphatic carbocycles. The molecular weight excluding hydrogens is 301 g/mol. The van der Waals surface area contributed by atoms with Crippen LogP contribution in [0, 0.1) is 6.92 Å². The second-order valence-corrected chi connectivity index (χ2v) is 5.39. The maximum absolute atomic E-state index is 12.4. The first kappa shape index (κ1) is 15.7. The molecule has 0 bridgehead atoms. The van der Waals surface area contributed by atoms with Gasteiger partial charge in [0, 0.05) is 30.1 Å². The number of nitrogens with one attached hydrogen (secondary N) is 1. The molecule has 0 aliphatic heterocycles. The van der Waals surface area contributed by atoms with Crippen LogP contribution in [-0.2, 0) is 19.0 Å². The average molecular weight is 316 g/mol. The van der Waals surface area contributed by atoms with E-state index in [0.717, 1.165) is 28.8 Å². The highest BCUT2D eigenvalue weighted by molar-refractivity contribution is 7.09. The van der Waals surface area contributed by atoms with Gasteiger partial charge in [-0.15, -0.1) is 11.3 Å². The van der Waals surface area contributed by atoms with Crippen molar-refractivity contribution in [1.29, 1.82) is 0 Å². The minimum Gasteiger partial charge on any atom is -0.370 e. The van der Waals surface area contributed by atoms with Crippen molar-refractivity contribution in [3.8, 4) is 0 Å². The number of nitrogens with zero attached hydrogens (tertiary/aromatic N) is 3. The lowest BCUT2D eigenvalue weighted by Crippen LogP contribution is -2.09. The van der Waals surface area contributed by atoms with Crippen molar-refractivity contribution in [2.24, 2.45) is 0 Å². The van der Waals surface area contributed by atoms with Crippen molar-refractivity contribution < 1.29 is 13.2 Å². The van der Waals surface area contributed by atoms with E-state index in [9.17, 15) is 13.2 Å². The molecule has 21 heavy (non-hydrogen) atoms.